The zero-order valence-electron chi connectivity index (χ0n) is 8.66. The van der Waals surface area contributed by atoms with Gasteiger partial charge in [-0.05, 0) is 26.0 Å². The second kappa shape index (κ2) is 5.12. The molecule has 1 amide bonds. The molecule has 1 rings (SSSR count). The summed E-state index contributed by atoms with van der Waals surface area (Å²) in [5.41, 5.74) is 0. The van der Waals surface area contributed by atoms with Crippen molar-refractivity contribution in [2.75, 3.05) is 13.7 Å². The maximum Gasteiger partial charge on any atom is 0.246 e. The highest BCUT2D eigenvalue weighted by atomic mass is 32.1. The first-order valence-corrected chi connectivity index (χ1v) is 5.29. The molecule has 1 atom stereocenters. The lowest BCUT2D eigenvalue weighted by Gasteiger charge is -2.11. The topological polar surface area (TPSA) is 38.3 Å². The number of thiophene rings is 1. The van der Waals surface area contributed by atoms with E-state index in [0.29, 0.717) is 0 Å². The zero-order valence-corrected chi connectivity index (χ0v) is 9.48. The van der Waals surface area contributed by atoms with E-state index in [2.05, 4.69) is 18.3 Å². The van der Waals surface area contributed by atoms with Crippen LogP contribution in [0.3, 0.4) is 0 Å². The molecule has 3 nitrogen and oxygen atoms in total. The van der Waals surface area contributed by atoms with E-state index in [-0.39, 0.29) is 18.6 Å². The second-order valence-corrected chi connectivity index (χ2v) is 4.49. The van der Waals surface area contributed by atoms with Crippen LogP contribution in [0.15, 0.2) is 12.1 Å². The van der Waals surface area contributed by atoms with Crippen LogP contribution in [0.5, 0.6) is 0 Å². The van der Waals surface area contributed by atoms with Crippen molar-refractivity contribution in [3.05, 3.63) is 21.9 Å². The molecular formula is C10H15NO2S. The molecule has 0 spiro atoms. The van der Waals surface area contributed by atoms with Gasteiger partial charge in [-0.15, -0.1) is 11.3 Å². The Bertz CT molecular complexity index is 309. The molecule has 1 aromatic heterocycles. The summed E-state index contributed by atoms with van der Waals surface area (Å²) >= 11 is 1.70. The SMILES string of the molecule is COCC(=O)NC(C)c1ccc(C)s1. The van der Waals surface area contributed by atoms with Crippen molar-refractivity contribution < 1.29 is 9.53 Å². The number of hydrogen-bond donors (Lipinski definition) is 1. The third kappa shape index (κ3) is 3.12. The van der Waals surface area contributed by atoms with Crippen LogP contribution in [0.2, 0.25) is 0 Å². The Kier molecular flexibility index (Phi) is 4.10. The van der Waals surface area contributed by atoms with Gasteiger partial charge in [0.2, 0.25) is 5.91 Å². The minimum absolute atomic E-state index is 0.0661. The van der Waals surface area contributed by atoms with Gasteiger partial charge >= 0.3 is 0 Å². The normalized spacial score (nSPS) is 12.5. The van der Waals surface area contributed by atoms with Gasteiger partial charge in [0.25, 0.3) is 0 Å². The quantitative estimate of drug-likeness (QED) is 0.829. The Morgan fingerprint density at radius 3 is 2.86 bits per heavy atom. The molecule has 0 aliphatic carbocycles. The van der Waals surface area contributed by atoms with E-state index in [4.69, 9.17) is 4.74 Å². The van der Waals surface area contributed by atoms with Crippen molar-refractivity contribution in [2.45, 2.75) is 19.9 Å². The molecule has 0 saturated heterocycles. The van der Waals surface area contributed by atoms with E-state index in [1.165, 1.54) is 16.9 Å². The molecule has 1 unspecified atom stereocenters. The van der Waals surface area contributed by atoms with E-state index in [0.717, 1.165) is 0 Å². The van der Waals surface area contributed by atoms with Gasteiger partial charge < -0.3 is 10.1 Å². The fourth-order valence-electron chi connectivity index (χ4n) is 1.17. The number of amides is 1. The summed E-state index contributed by atoms with van der Waals surface area (Å²) < 4.78 is 4.74. The lowest BCUT2D eigenvalue weighted by Crippen LogP contribution is -2.29. The van der Waals surface area contributed by atoms with Gasteiger partial charge in [0.05, 0.1) is 6.04 Å². The van der Waals surface area contributed by atoms with Crippen LogP contribution in [0, 0.1) is 6.92 Å². The fourth-order valence-corrected chi connectivity index (χ4v) is 2.05. The number of hydrogen-bond acceptors (Lipinski definition) is 3. The molecule has 1 heterocycles. The number of ether oxygens (including phenoxy) is 1. The van der Waals surface area contributed by atoms with Gasteiger partial charge in [-0.1, -0.05) is 0 Å². The van der Waals surface area contributed by atoms with Crippen LogP contribution in [0.25, 0.3) is 0 Å². The highest BCUT2D eigenvalue weighted by molar-refractivity contribution is 7.12. The van der Waals surface area contributed by atoms with Crippen molar-refractivity contribution in [1.82, 2.24) is 5.32 Å². The van der Waals surface area contributed by atoms with Gasteiger partial charge in [-0.25, -0.2) is 0 Å². The number of methoxy groups -OCH3 is 1. The summed E-state index contributed by atoms with van der Waals surface area (Å²) in [5, 5.41) is 2.86. The first-order chi connectivity index (χ1) is 6.63. The highest BCUT2D eigenvalue weighted by Crippen LogP contribution is 2.21. The third-order valence-electron chi connectivity index (χ3n) is 1.84. The largest absolute Gasteiger partial charge is 0.375 e. The van der Waals surface area contributed by atoms with Crippen LogP contribution < -0.4 is 5.32 Å². The van der Waals surface area contributed by atoms with Gasteiger partial charge in [0, 0.05) is 16.9 Å². The van der Waals surface area contributed by atoms with Gasteiger partial charge in [0.15, 0.2) is 0 Å². The Labute approximate surface area is 88.1 Å². The second-order valence-electron chi connectivity index (χ2n) is 3.17. The highest BCUT2D eigenvalue weighted by Gasteiger charge is 2.10. The molecule has 14 heavy (non-hydrogen) atoms. The smallest absolute Gasteiger partial charge is 0.246 e. The standard InChI is InChI=1S/C10H15NO2S/c1-7-4-5-9(14-7)8(2)11-10(12)6-13-3/h4-5,8H,6H2,1-3H3,(H,11,12). The summed E-state index contributed by atoms with van der Waals surface area (Å²) in [5.74, 6) is -0.0777. The summed E-state index contributed by atoms with van der Waals surface area (Å²) in [4.78, 5) is 13.6. The van der Waals surface area contributed by atoms with Gasteiger partial charge in [-0.3, -0.25) is 4.79 Å². The maximum atomic E-state index is 11.2. The van der Waals surface area contributed by atoms with E-state index in [1.54, 1.807) is 11.3 Å². The first kappa shape index (κ1) is 11.2. The monoisotopic (exact) mass is 213 g/mol. The van der Waals surface area contributed by atoms with Gasteiger partial charge in [0.1, 0.15) is 6.61 Å². The number of rotatable bonds is 4. The van der Waals surface area contributed by atoms with E-state index in [9.17, 15) is 4.79 Å². The minimum atomic E-state index is -0.0777. The Morgan fingerprint density at radius 1 is 1.64 bits per heavy atom. The molecule has 1 aromatic rings. The number of carbonyl (C=O) groups is 1. The fraction of sp³-hybridized carbons (Fsp3) is 0.500. The molecule has 1 N–H and O–H groups in total. The minimum Gasteiger partial charge on any atom is -0.375 e. The Morgan fingerprint density at radius 2 is 2.36 bits per heavy atom. The molecule has 78 valence electrons. The average Bonchev–Trinajstić information content (AvgIpc) is 2.52. The lowest BCUT2D eigenvalue weighted by atomic mass is 10.2. The average molecular weight is 213 g/mol. The van der Waals surface area contributed by atoms with Gasteiger partial charge in [-0.2, -0.15) is 0 Å². The molecule has 0 aliphatic rings. The van der Waals surface area contributed by atoms with Crippen molar-refractivity contribution in [3.63, 3.8) is 0 Å². The molecule has 4 heteroatoms. The molecular weight excluding hydrogens is 198 g/mol. The van der Waals surface area contributed by atoms with E-state index >= 15 is 0 Å². The predicted octanol–water partition coefficient (Wildman–Crippen LogP) is 1.88. The van der Waals surface area contributed by atoms with Crippen LogP contribution in [-0.2, 0) is 9.53 Å². The molecule has 0 aliphatic heterocycles. The third-order valence-corrected chi connectivity index (χ3v) is 3.02. The number of carbonyl (C=O) groups excluding carboxylic acids is 1. The van der Waals surface area contributed by atoms with Crippen LogP contribution in [0.1, 0.15) is 22.7 Å². The summed E-state index contributed by atoms with van der Waals surface area (Å²) in [6, 6.07) is 4.16. The van der Waals surface area contributed by atoms with Crippen molar-refractivity contribution in [3.8, 4) is 0 Å². The molecule has 0 radical (unpaired) electrons. The predicted molar refractivity (Wildman–Crippen MR) is 57.5 cm³/mol. The number of nitrogens with one attached hydrogen (secondary N) is 1. The van der Waals surface area contributed by atoms with Crippen molar-refractivity contribution in [1.29, 1.82) is 0 Å². The Balaban J connectivity index is 2.50. The summed E-state index contributed by atoms with van der Waals surface area (Å²) in [6.45, 7) is 4.14. The van der Waals surface area contributed by atoms with Crippen molar-refractivity contribution in [2.24, 2.45) is 0 Å². The first-order valence-electron chi connectivity index (χ1n) is 4.48. The Hall–Kier alpha value is -0.870. The number of aryl methyl sites for hydroxylation is 1. The summed E-state index contributed by atoms with van der Waals surface area (Å²) in [7, 11) is 1.51. The van der Waals surface area contributed by atoms with Crippen LogP contribution in [-0.4, -0.2) is 19.6 Å². The zero-order chi connectivity index (χ0) is 10.6. The molecule has 0 fully saturated rings. The summed E-state index contributed by atoms with van der Waals surface area (Å²) in [6.07, 6.45) is 0. The lowest BCUT2D eigenvalue weighted by molar-refractivity contribution is -0.125. The van der Waals surface area contributed by atoms with E-state index in [1.807, 2.05) is 13.0 Å². The maximum absolute atomic E-state index is 11.2. The van der Waals surface area contributed by atoms with Crippen LogP contribution >= 0.6 is 11.3 Å². The van der Waals surface area contributed by atoms with E-state index < -0.39 is 0 Å². The molecule has 0 saturated carbocycles. The van der Waals surface area contributed by atoms with Crippen LogP contribution in [0.4, 0.5) is 0 Å². The molecule has 0 bridgehead atoms. The molecule has 0 aromatic carbocycles. The van der Waals surface area contributed by atoms with Crippen molar-refractivity contribution >= 4 is 17.2 Å².